The molecule has 0 aliphatic carbocycles. The molecule has 0 aromatic carbocycles. The first kappa shape index (κ1) is 13.2. The molecule has 6 heteroatoms. The third kappa shape index (κ3) is 4.56. The fourth-order valence-corrected chi connectivity index (χ4v) is 1.78. The predicted molar refractivity (Wildman–Crippen MR) is 68.8 cm³/mol. The first-order valence-corrected chi connectivity index (χ1v) is 6.34. The highest BCUT2D eigenvalue weighted by molar-refractivity contribution is 5.36. The SMILES string of the molecule is C1COCCN1.c1cc(N2CCOCC2)ncn1. The van der Waals surface area contributed by atoms with Gasteiger partial charge in [0.05, 0.1) is 26.4 Å². The highest BCUT2D eigenvalue weighted by atomic mass is 16.5. The molecular weight excluding hydrogens is 232 g/mol. The maximum Gasteiger partial charge on any atom is 0.132 e. The van der Waals surface area contributed by atoms with Gasteiger partial charge in [-0.15, -0.1) is 0 Å². The zero-order valence-electron chi connectivity index (χ0n) is 10.5. The summed E-state index contributed by atoms with van der Waals surface area (Å²) >= 11 is 0. The van der Waals surface area contributed by atoms with Gasteiger partial charge in [0.25, 0.3) is 0 Å². The highest BCUT2D eigenvalue weighted by Crippen LogP contribution is 2.09. The average molecular weight is 252 g/mol. The van der Waals surface area contributed by atoms with Crippen molar-refractivity contribution in [3.05, 3.63) is 18.6 Å². The Morgan fingerprint density at radius 3 is 2.28 bits per heavy atom. The fourth-order valence-electron chi connectivity index (χ4n) is 1.78. The molecule has 0 spiro atoms. The van der Waals surface area contributed by atoms with Crippen LogP contribution in [-0.2, 0) is 9.47 Å². The summed E-state index contributed by atoms with van der Waals surface area (Å²) in [5, 5.41) is 3.16. The second-order valence-electron chi connectivity index (χ2n) is 4.03. The fraction of sp³-hybridized carbons (Fsp3) is 0.667. The standard InChI is InChI=1S/C8H11N3O.C4H9NO/c1-2-9-7-10-8(1)11-3-5-12-6-4-11;1-3-6-4-2-5-1/h1-2,7H,3-6H2;5H,1-4H2. The summed E-state index contributed by atoms with van der Waals surface area (Å²) < 4.78 is 10.2. The van der Waals surface area contributed by atoms with Crippen LogP contribution in [-0.4, -0.2) is 62.6 Å². The van der Waals surface area contributed by atoms with E-state index in [1.54, 1.807) is 12.5 Å². The van der Waals surface area contributed by atoms with Gasteiger partial charge in [0.2, 0.25) is 0 Å². The van der Waals surface area contributed by atoms with E-state index in [9.17, 15) is 0 Å². The number of hydrogen-bond acceptors (Lipinski definition) is 6. The summed E-state index contributed by atoms with van der Waals surface area (Å²) in [6, 6.07) is 1.92. The quantitative estimate of drug-likeness (QED) is 0.754. The van der Waals surface area contributed by atoms with E-state index in [-0.39, 0.29) is 0 Å². The molecule has 2 aliphatic heterocycles. The molecule has 18 heavy (non-hydrogen) atoms. The van der Waals surface area contributed by atoms with Crippen molar-refractivity contribution in [3.8, 4) is 0 Å². The molecule has 0 radical (unpaired) electrons. The lowest BCUT2D eigenvalue weighted by Crippen LogP contribution is -2.36. The summed E-state index contributed by atoms with van der Waals surface area (Å²) in [7, 11) is 0. The molecule has 0 unspecified atom stereocenters. The molecule has 100 valence electrons. The Labute approximate surface area is 107 Å². The van der Waals surface area contributed by atoms with Crippen LogP contribution in [0.25, 0.3) is 0 Å². The topological polar surface area (TPSA) is 59.5 Å². The van der Waals surface area contributed by atoms with Gasteiger partial charge in [-0.05, 0) is 6.07 Å². The Bertz CT molecular complexity index is 302. The van der Waals surface area contributed by atoms with Crippen molar-refractivity contribution < 1.29 is 9.47 Å². The van der Waals surface area contributed by atoms with Crippen molar-refractivity contribution in [2.75, 3.05) is 57.5 Å². The smallest absolute Gasteiger partial charge is 0.132 e. The van der Waals surface area contributed by atoms with Crippen molar-refractivity contribution in [2.45, 2.75) is 0 Å². The Morgan fingerprint density at radius 2 is 1.78 bits per heavy atom. The van der Waals surface area contributed by atoms with Gasteiger partial charge >= 0.3 is 0 Å². The van der Waals surface area contributed by atoms with Crippen molar-refractivity contribution in [1.82, 2.24) is 15.3 Å². The predicted octanol–water partition coefficient (Wildman–Crippen LogP) is -0.0806. The van der Waals surface area contributed by atoms with Gasteiger partial charge in [0.15, 0.2) is 0 Å². The van der Waals surface area contributed by atoms with Gasteiger partial charge in [-0.1, -0.05) is 0 Å². The van der Waals surface area contributed by atoms with Crippen LogP contribution in [0.5, 0.6) is 0 Å². The molecule has 1 N–H and O–H groups in total. The number of ether oxygens (including phenoxy) is 2. The molecule has 6 nitrogen and oxygen atoms in total. The van der Waals surface area contributed by atoms with E-state index in [1.807, 2.05) is 6.07 Å². The van der Waals surface area contributed by atoms with E-state index in [4.69, 9.17) is 9.47 Å². The zero-order chi connectivity index (χ0) is 12.5. The molecule has 2 fully saturated rings. The van der Waals surface area contributed by atoms with Crippen molar-refractivity contribution >= 4 is 5.82 Å². The Hall–Kier alpha value is -1.24. The highest BCUT2D eigenvalue weighted by Gasteiger charge is 2.10. The first-order chi connectivity index (χ1) is 8.97. The summed E-state index contributed by atoms with van der Waals surface area (Å²) in [4.78, 5) is 10.2. The maximum absolute atomic E-state index is 5.24. The second-order valence-corrected chi connectivity index (χ2v) is 4.03. The molecule has 0 atom stereocenters. The molecule has 2 saturated heterocycles. The van der Waals surface area contributed by atoms with E-state index in [1.165, 1.54) is 0 Å². The van der Waals surface area contributed by atoms with Crippen LogP contribution in [0.2, 0.25) is 0 Å². The third-order valence-corrected chi connectivity index (χ3v) is 2.75. The minimum Gasteiger partial charge on any atom is -0.379 e. The molecule has 2 aliphatic rings. The van der Waals surface area contributed by atoms with Gasteiger partial charge in [0.1, 0.15) is 12.1 Å². The zero-order valence-corrected chi connectivity index (χ0v) is 10.5. The number of anilines is 1. The summed E-state index contributed by atoms with van der Waals surface area (Å²) in [5.74, 6) is 0.994. The Balaban J connectivity index is 0.000000169. The van der Waals surface area contributed by atoms with Crippen molar-refractivity contribution in [1.29, 1.82) is 0 Å². The van der Waals surface area contributed by atoms with Crippen molar-refractivity contribution in [2.24, 2.45) is 0 Å². The minimum atomic E-state index is 0.796. The van der Waals surface area contributed by atoms with Gasteiger partial charge in [-0.25, -0.2) is 9.97 Å². The Kier molecular flexibility index (Phi) is 5.84. The van der Waals surface area contributed by atoms with Crippen LogP contribution in [0, 0.1) is 0 Å². The van der Waals surface area contributed by atoms with Gasteiger partial charge in [-0.3, -0.25) is 0 Å². The average Bonchev–Trinajstić information content (AvgIpc) is 2.51. The molecule has 0 saturated carbocycles. The normalized spacial score (nSPS) is 19.9. The van der Waals surface area contributed by atoms with Gasteiger partial charge in [-0.2, -0.15) is 0 Å². The van der Waals surface area contributed by atoms with Crippen LogP contribution < -0.4 is 10.2 Å². The molecule has 0 bridgehead atoms. The lowest BCUT2D eigenvalue weighted by Gasteiger charge is -2.27. The number of hydrogen-bond donors (Lipinski definition) is 1. The lowest BCUT2D eigenvalue weighted by atomic mass is 10.4. The van der Waals surface area contributed by atoms with E-state index >= 15 is 0 Å². The summed E-state index contributed by atoms with van der Waals surface area (Å²) in [6.07, 6.45) is 3.34. The van der Waals surface area contributed by atoms with Crippen LogP contribution in [0.1, 0.15) is 0 Å². The van der Waals surface area contributed by atoms with E-state index < -0.39 is 0 Å². The lowest BCUT2D eigenvalue weighted by molar-refractivity contribution is 0.109. The van der Waals surface area contributed by atoms with Crippen molar-refractivity contribution in [3.63, 3.8) is 0 Å². The van der Waals surface area contributed by atoms with Crippen LogP contribution in [0.3, 0.4) is 0 Å². The van der Waals surface area contributed by atoms with Crippen LogP contribution >= 0.6 is 0 Å². The number of rotatable bonds is 1. The summed E-state index contributed by atoms with van der Waals surface area (Å²) in [6.45, 7) is 7.28. The maximum atomic E-state index is 5.24. The third-order valence-electron chi connectivity index (χ3n) is 2.75. The molecule has 1 aromatic heterocycles. The minimum absolute atomic E-state index is 0.796. The molecular formula is C12H20N4O2. The van der Waals surface area contributed by atoms with Gasteiger partial charge in [0, 0.05) is 32.4 Å². The Morgan fingerprint density at radius 1 is 1.06 bits per heavy atom. The van der Waals surface area contributed by atoms with E-state index in [0.717, 1.165) is 58.4 Å². The van der Waals surface area contributed by atoms with Gasteiger partial charge < -0.3 is 19.7 Å². The molecule has 3 heterocycles. The van der Waals surface area contributed by atoms with Crippen LogP contribution in [0.15, 0.2) is 18.6 Å². The number of aromatic nitrogens is 2. The number of nitrogens with one attached hydrogen (secondary N) is 1. The van der Waals surface area contributed by atoms with E-state index in [0.29, 0.717) is 0 Å². The molecule has 3 rings (SSSR count). The van der Waals surface area contributed by atoms with Crippen LogP contribution in [0.4, 0.5) is 5.82 Å². The molecule has 0 amide bonds. The summed E-state index contributed by atoms with van der Waals surface area (Å²) in [5.41, 5.74) is 0. The second kappa shape index (κ2) is 7.97. The van der Waals surface area contributed by atoms with E-state index in [2.05, 4.69) is 20.2 Å². The molecule has 1 aromatic rings. The number of morpholine rings is 2. The monoisotopic (exact) mass is 252 g/mol. The first-order valence-electron chi connectivity index (χ1n) is 6.34. The largest absolute Gasteiger partial charge is 0.379 e. The number of nitrogens with zero attached hydrogens (tertiary/aromatic N) is 3.